The molecule has 0 spiro atoms. The topological polar surface area (TPSA) is 0 Å². The Morgan fingerprint density at radius 2 is 1.55 bits per heavy atom. The van der Waals surface area contributed by atoms with Crippen molar-refractivity contribution in [1.29, 1.82) is 0 Å². The fraction of sp³-hybridized carbons (Fsp3) is 0.667. The van der Waals surface area contributed by atoms with E-state index in [4.69, 9.17) is 58.0 Å². The van der Waals surface area contributed by atoms with Crippen molar-refractivity contribution in [1.82, 2.24) is 0 Å². The van der Waals surface area contributed by atoms with Gasteiger partial charge in [-0.2, -0.15) is 0 Å². The van der Waals surface area contributed by atoms with Gasteiger partial charge in [0, 0.05) is 5.03 Å². The fourth-order valence-corrected chi connectivity index (χ4v) is 2.41. The van der Waals surface area contributed by atoms with Crippen LogP contribution < -0.4 is 0 Å². The van der Waals surface area contributed by atoms with Crippen LogP contribution in [0.5, 0.6) is 0 Å². The maximum Gasteiger partial charge on any atom is 0.0867 e. The standard InChI is InChI=1S/C6H5Cl5/c7-2-1-3(8)5(10)6(11)4(2)9/h1-2,4-6H/t2-,4-,5+,6+/m1/s1. The average molecular weight is 254 g/mol. The van der Waals surface area contributed by atoms with Crippen molar-refractivity contribution >= 4 is 58.0 Å². The molecule has 0 unspecified atom stereocenters. The predicted octanol–water partition coefficient (Wildman–Crippen LogP) is 3.55. The lowest BCUT2D eigenvalue weighted by molar-refractivity contribution is 0.751. The van der Waals surface area contributed by atoms with Gasteiger partial charge in [0.15, 0.2) is 0 Å². The van der Waals surface area contributed by atoms with E-state index in [1.165, 1.54) is 0 Å². The van der Waals surface area contributed by atoms with Crippen molar-refractivity contribution in [2.75, 3.05) is 0 Å². The summed E-state index contributed by atoms with van der Waals surface area (Å²) in [5, 5.41) is -1.04. The summed E-state index contributed by atoms with van der Waals surface area (Å²) in [5.74, 6) is 0. The molecule has 11 heavy (non-hydrogen) atoms. The molecule has 0 amide bonds. The molecule has 1 aliphatic rings. The molecule has 0 aromatic heterocycles. The number of allylic oxidation sites excluding steroid dienone is 2. The Morgan fingerprint density at radius 3 is 2.09 bits per heavy atom. The van der Waals surface area contributed by atoms with Crippen molar-refractivity contribution in [3.8, 4) is 0 Å². The van der Waals surface area contributed by atoms with Gasteiger partial charge in [-0.1, -0.05) is 11.6 Å². The Bertz CT molecular complexity index is 178. The molecule has 64 valence electrons. The lowest BCUT2D eigenvalue weighted by Gasteiger charge is -2.27. The van der Waals surface area contributed by atoms with Crippen LogP contribution in [0.2, 0.25) is 0 Å². The van der Waals surface area contributed by atoms with E-state index in [1.807, 2.05) is 0 Å². The van der Waals surface area contributed by atoms with Crippen molar-refractivity contribution < 1.29 is 0 Å². The van der Waals surface area contributed by atoms with Gasteiger partial charge >= 0.3 is 0 Å². The van der Waals surface area contributed by atoms with Crippen LogP contribution in [0.15, 0.2) is 11.1 Å². The highest BCUT2D eigenvalue weighted by Gasteiger charge is 2.35. The van der Waals surface area contributed by atoms with E-state index in [0.717, 1.165) is 0 Å². The smallest absolute Gasteiger partial charge is 0.0867 e. The van der Waals surface area contributed by atoms with Crippen molar-refractivity contribution in [3.63, 3.8) is 0 Å². The zero-order valence-electron chi connectivity index (χ0n) is 5.28. The second-order valence-electron chi connectivity index (χ2n) is 2.29. The molecule has 0 aliphatic heterocycles. The molecule has 0 N–H and O–H groups in total. The van der Waals surface area contributed by atoms with Crippen LogP contribution in [-0.2, 0) is 0 Å². The first-order chi connectivity index (χ1) is 5.04. The van der Waals surface area contributed by atoms with E-state index < -0.39 is 10.8 Å². The summed E-state index contributed by atoms with van der Waals surface area (Å²) < 4.78 is 0. The maximum absolute atomic E-state index is 5.83. The van der Waals surface area contributed by atoms with Crippen molar-refractivity contribution in [2.45, 2.75) is 21.5 Å². The summed E-state index contributed by atoms with van der Waals surface area (Å²) in [6.07, 6.45) is 1.62. The van der Waals surface area contributed by atoms with Crippen LogP contribution in [0.25, 0.3) is 0 Å². The molecule has 0 aromatic rings. The minimum Gasteiger partial charge on any atom is -0.119 e. The van der Waals surface area contributed by atoms with Gasteiger partial charge in [-0.05, 0) is 6.08 Å². The number of hydrogen-bond donors (Lipinski definition) is 0. The Balaban J connectivity index is 2.83. The number of alkyl halides is 4. The minimum absolute atomic E-state index is 0.332. The zero-order valence-corrected chi connectivity index (χ0v) is 9.06. The summed E-state index contributed by atoms with van der Waals surface area (Å²) in [6, 6.07) is 0. The molecule has 0 saturated heterocycles. The first-order valence-electron chi connectivity index (χ1n) is 2.97. The third-order valence-corrected chi connectivity index (χ3v) is 4.30. The van der Waals surface area contributed by atoms with Gasteiger partial charge in [0.2, 0.25) is 0 Å². The third kappa shape index (κ3) is 2.10. The maximum atomic E-state index is 5.83. The van der Waals surface area contributed by atoms with Crippen LogP contribution in [0.1, 0.15) is 0 Å². The lowest BCUT2D eigenvalue weighted by atomic mass is 10.1. The van der Waals surface area contributed by atoms with E-state index in [-0.39, 0.29) is 10.8 Å². The van der Waals surface area contributed by atoms with E-state index in [1.54, 1.807) is 6.08 Å². The van der Waals surface area contributed by atoms with Gasteiger partial charge < -0.3 is 0 Å². The van der Waals surface area contributed by atoms with Gasteiger partial charge in [0.25, 0.3) is 0 Å². The molecular weight excluding hydrogens is 249 g/mol. The summed E-state index contributed by atoms with van der Waals surface area (Å²) in [6.45, 7) is 0. The molecule has 0 saturated carbocycles. The normalized spacial score (nSPS) is 45.4. The highest BCUT2D eigenvalue weighted by molar-refractivity contribution is 6.44. The lowest BCUT2D eigenvalue weighted by Crippen LogP contribution is -2.36. The Morgan fingerprint density at radius 1 is 1.00 bits per heavy atom. The second-order valence-corrected chi connectivity index (χ2v) is 4.71. The fourth-order valence-electron chi connectivity index (χ4n) is 0.825. The molecule has 5 heteroatoms. The second kappa shape index (κ2) is 3.93. The largest absolute Gasteiger partial charge is 0.119 e. The first kappa shape index (κ1) is 10.3. The number of hydrogen-bond acceptors (Lipinski definition) is 0. The molecule has 1 rings (SSSR count). The van der Waals surface area contributed by atoms with Crippen molar-refractivity contribution in [3.05, 3.63) is 11.1 Å². The van der Waals surface area contributed by atoms with Crippen LogP contribution in [0.4, 0.5) is 0 Å². The number of rotatable bonds is 0. The highest BCUT2D eigenvalue weighted by atomic mass is 35.5. The quantitative estimate of drug-likeness (QED) is 0.580. The summed E-state index contributed by atoms with van der Waals surface area (Å²) in [5.41, 5.74) is 0. The molecule has 0 bridgehead atoms. The van der Waals surface area contributed by atoms with Gasteiger partial charge in [-0.25, -0.2) is 0 Å². The van der Waals surface area contributed by atoms with Gasteiger partial charge in [0.05, 0.1) is 21.5 Å². The SMILES string of the molecule is ClC1=C[C@@H](Cl)[C@@H](Cl)[C@H](Cl)[C@H]1Cl. The van der Waals surface area contributed by atoms with E-state index in [9.17, 15) is 0 Å². The molecule has 0 aromatic carbocycles. The number of halogens is 5. The Hall–Kier alpha value is 1.19. The Labute approximate surface area is 90.4 Å². The molecular formula is C6H5Cl5. The van der Waals surface area contributed by atoms with Crippen LogP contribution in [-0.4, -0.2) is 21.5 Å². The predicted molar refractivity (Wildman–Crippen MR) is 52.5 cm³/mol. The van der Waals surface area contributed by atoms with E-state index in [0.29, 0.717) is 5.03 Å². The van der Waals surface area contributed by atoms with Gasteiger partial charge in [0.1, 0.15) is 0 Å². The van der Waals surface area contributed by atoms with E-state index >= 15 is 0 Å². The summed E-state index contributed by atoms with van der Waals surface area (Å²) >= 11 is 29.0. The molecule has 0 nitrogen and oxygen atoms in total. The van der Waals surface area contributed by atoms with Crippen molar-refractivity contribution in [2.24, 2.45) is 0 Å². The van der Waals surface area contributed by atoms with Gasteiger partial charge in [-0.15, -0.1) is 46.4 Å². The molecule has 1 aliphatic carbocycles. The van der Waals surface area contributed by atoms with Crippen LogP contribution >= 0.6 is 58.0 Å². The highest BCUT2D eigenvalue weighted by Crippen LogP contribution is 2.35. The monoisotopic (exact) mass is 252 g/mol. The van der Waals surface area contributed by atoms with Crippen LogP contribution in [0.3, 0.4) is 0 Å². The molecule has 4 atom stereocenters. The van der Waals surface area contributed by atoms with E-state index in [2.05, 4.69) is 0 Å². The minimum atomic E-state index is -0.421. The zero-order chi connectivity index (χ0) is 8.59. The third-order valence-electron chi connectivity index (χ3n) is 1.47. The first-order valence-corrected chi connectivity index (χ1v) is 5.10. The molecule has 0 radical (unpaired) electrons. The Kier molecular flexibility index (Phi) is 3.67. The summed E-state index contributed by atoms with van der Waals surface area (Å²) in [7, 11) is 0. The average Bonchev–Trinajstić information content (AvgIpc) is 1.97. The molecule has 0 fully saturated rings. The summed E-state index contributed by atoms with van der Waals surface area (Å²) in [4.78, 5) is 0. The van der Waals surface area contributed by atoms with Crippen LogP contribution in [0, 0.1) is 0 Å². The van der Waals surface area contributed by atoms with Gasteiger partial charge in [-0.3, -0.25) is 0 Å². The molecule has 0 heterocycles.